The van der Waals surface area contributed by atoms with E-state index in [1.54, 1.807) is 31.5 Å². The molecule has 0 aliphatic rings. The Bertz CT molecular complexity index is 1230. The number of carbonyl (C=O) groups excluding carboxylic acids is 1. The van der Waals surface area contributed by atoms with Gasteiger partial charge in [-0.05, 0) is 48.9 Å². The van der Waals surface area contributed by atoms with E-state index in [2.05, 4.69) is 4.99 Å². The number of rotatable bonds is 8. The van der Waals surface area contributed by atoms with Crippen LogP contribution in [0.2, 0.25) is 0 Å². The molecule has 0 aliphatic carbocycles. The van der Waals surface area contributed by atoms with Crippen molar-refractivity contribution in [1.29, 1.82) is 0 Å². The predicted molar refractivity (Wildman–Crippen MR) is 119 cm³/mol. The molecule has 0 unspecified atom stereocenters. The average Bonchev–Trinajstić information content (AvgIpc) is 3.18. The Morgan fingerprint density at radius 1 is 1.16 bits per heavy atom. The number of ether oxygens (including phenoxy) is 1. The molecule has 32 heavy (non-hydrogen) atoms. The summed E-state index contributed by atoms with van der Waals surface area (Å²) in [5.41, 5.74) is 0.509. The van der Waals surface area contributed by atoms with E-state index in [1.807, 2.05) is 12.1 Å². The van der Waals surface area contributed by atoms with Gasteiger partial charge in [-0.1, -0.05) is 0 Å². The average molecular weight is 454 g/mol. The molecule has 0 amide bonds. The molecule has 0 saturated heterocycles. The van der Waals surface area contributed by atoms with Crippen LogP contribution in [0.5, 0.6) is 11.5 Å². The standard InChI is InChI=1S/C22H18N2O7S/c1-12(17-11-32-21(20(17)26)13-3-6-15(31-2)7-4-13)23-10-19(25)14-5-8-16(22(27)28)18(9-14)24(29)30/h3-9,11,26H,10H2,1-2H3,(H,27,28). The SMILES string of the molecule is COc1ccc(-c2scc(C(C)=NCC(=O)c3ccc(C(=O)O)c([N+](=O)[O-])c3)c2O)cc1. The molecule has 3 aromatic rings. The van der Waals surface area contributed by atoms with E-state index in [0.29, 0.717) is 21.9 Å². The molecule has 0 fully saturated rings. The highest BCUT2D eigenvalue weighted by Gasteiger charge is 2.22. The second kappa shape index (κ2) is 9.40. The van der Waals surface area contributed by atoms with Crippen LogP contribution in [0, 0.1) is 10.1 Å². The first-order valence-electron chi connectivity index (χ1n) is 9.24. The minimum absolute atomic E-state index is 0.0216. The lowest BCUT2D eigenvalue weighted by Crippen LogP contribution is -2.09. The number of aliphatic imine (C=N–C) groups is 1. The first kappa shape index (κ1) is 22.6. The number of carboxylic acid groups (broad SMARTS) is 1. The highest BCUT2D eigenvalue weighted by molar-refractivity contribution is 7.14. The number of nitrogens with zero attached hydrogens (tertiary/aromatic N) is 2. The molecule has 1 aromatic heterocycles. The van der Waals surface area contributed by atoms with Gasteiger partial charge in [-0.3, -0.25) is 19.9 Å². The number of benzene rings is 2. The summed E-state index contributed by atoms with van der Waals surface area (Å²) in [5.74, 6) is -1.24. The van der Waals surface area contributed by atoms with Gasteiger partial charge < -0.3 is 14.9 Å². The van der Waals surface area contributed by atoms with Crippen LogP contribution >= 0.6 is 11.3 Å². The van der Waals surface area contributed by atoms with E-state index in [9.17, 15) is 24.8 Å². The number of Topliss-reactive ketones (excluding diaryl/α,β-unsaturated/α-hetero) is 1. The zero-order chi connectivity index (χ0) is 23.4. The van der Waals surface area contributed by atoms with Crippen LogP contribution in [0.1, 0.15) is 33.2 Å². The fraction of sp³-hybridized carbons (Fsp3) is 0.136. The van der Waals surface area contributed by atoms with Gasteiger partial charge in [0.25, 0.3) is 5.69 Å². The maximum atomic E-state index is 12.5. The van der Waals surface area contributed by atoms with E-state index in [0.717, 1.165) is 17.7 Å². The lowest BCUT2D eigenvalue weighted by molar-refractivity contribution is -0.385. The number of methoxy groups -OCH3 is 1. The van der Waals surface area contributed by atoms with E-state index < -0.39 is 27.9 Å². The summed E-state index contributed by atoms with van der Waals surface area (Å²) in [6.07, 6.45) is 0. The summed E-state index contributed by atoms with van der Waals surface area (Å²) in [7, 11) is 1.57. The largest absolute Gasteiger partial charge is 0.506 e. The maximum absolute atomic E-state index is 12.5. The van der Waals surface area contributed by atoms with Gasteiger partial charge in [-0.2, -0.15) is 0 Å². The van der Waals surface area contributed by atoms with Crippen molar-refractivity contribution in [3.8, 4) is 21.9 Å². The van der Waals surface area contributed by atoms with Gasteiger partial charge in [0.05, 0.1) is 16.9 Å². The van der Waals surface area contributed by atoms with E-state index >= 15 is 0 Å². The monoisotopic (exact) mass is 454 g/mol. The quantitative estimate of drug-likeness (QED) is 0.222. The van der Waals surface area contributed by atoms with Gasteiger partial charge in [0.15, 0.2) is 5.78 Å². The Morgan fingerprint density at radius 2 is 1.84 bits per heavy atom. The fourth-order valence-electron chi connectivity index (χ4n) is 2.96. The Labute approximate surface area is 186 Å². The minimum Gasteiger partial charge on any atom is -0.506 e. The van der Waals surface area contributed by atoms with Crippen molar-refractivity contribution < 1.29 is 29.5 Å². The third-order valence-corrected chi connectivity index (χ3v) is 5.73. The molecule has 9 nitrogen and oxygen atoms in total. The van der Waals surface area contributed by atoms with Crippen LogP contribution in [-0.4, -0.2) is 46.3 Å². The highest BCUT2D eigenvalue weighted by atomic mass is 32.1. The zero-order valence-corrected chi connectivity index (χ0v) is 17.9. The molecular weight excluding hydrogens is 436 g/mol. The van der Waals surface area contributed by atoms with Crippen LogP contribution in [0.3, 0.4) is 0 Å². The van der Waals surface area contributed by atoms with Crippen LogP contribution in [0.25, 0.3) is 10.4 Å². The minimum atomic E-state index is -1.45. The molecule has 0 bridgehead atoms. The number of aromatic carboxylic acids is 1. The summed E-state index contributed by atoms with van der Waals surface area (Å²) in [4.78, 5) is 38.7. The molecule has 0 atom stereocenters. The van der Waals surface area contributed by atoms with E-state index in [1.165, 1.54) is 17.4 Å². The lowest BCUT2D eigenvalue weighted by Gasteiger charge is -2.04. The molecule has 10 heteroatoms. The van der Waals surface area contributed by atoms with E-state index in [-0.39, 0.29) is 17.9 Å². The predicted octanol–water partition coefficient (Wildman–Crippen LogP) is 4.43. The van der Waals surface area contributed by atoms with Crippen LogP contribution in [-0.2, 0) is 0 Å². The van der Waals surface area contributed by atoms with Gasteiger partial charge in [-0.15, -0.1) is 11.3 Å². The maximum Gasteiger partial charge on any atom is 0.342 e. The van der Waals surface area contributed by atoms with Gasteiger partial charge in [0.2, 0.25) is 0 Å². The third kappa shape index (κ3) is 4.65. The van der Waals surface area contributed by atoms with E-state index in [4.69, 9.17) is 9.84 Å². The molecule has 0 spiro atoms. The van der Waals surface area contributed by atoms with Crippen LogP contribution < -0.4 is 4.74 Å². The highest BCUT2D eigenvalue weighted by Crippen LogP contribution is 2.39. The Kier molecular flexibility index (Phi) is 6.64. The first-order chi connectivity index (χ1) is 15.2. The molecule has 0 aliphatic heterocycles. The van der Waals surface area contributed by atoms with Crippen molar-refractivity contribution in [1.82, 2.24) is 0 Å². The first-order valence-corrected chi connectivity index (χ1v) is 10.1. The molecule has 2 N–H and O–H groups in total. The number of aromatic hydroxyl groups is 1. The molecular formula is C22H18N2O7S. The summed E-state index contributed by atoms with van der Waals surface area (Å²) in [6.45, 7) is 1.32. The number of ketones is 1. The van der Waals surface area contributed by atoms with Crippen LogP contribution in [0.15, 0.2) is 52.8 Å². The van der Waals surface area contributed by atoms with Crippen molar-refractivity contribution >= 4 is 34.5 Å². The number of carbonyl (C=O) groups is 2. The number of carboxylic acids is 1. The van der Waals surface area contributed by atoms with Crippen LogP contribution in [0.4, 0.5) is 5.69 Å². The Balaban J connectivity index is 1.81. The second-order valence-corrected chi connectivity index (χ2v) is 7.55. The molecule has 1 heterocycles. The summed E-state index contributed by atoms with van der Waals surface area (Å²) in [5, 5.41) is 32.5. The van der Waals surface area contributed by atoms with Crippen molar-refractivity contribution in [2.75, 3.05) is 13.7 Å². The lowest BCUT2D eigenvalue weighted by atomic mass is 10.1. The van der Waals surface area contributed by atoms with Crippen molar-refractivity contribution in [2.45, 2.75) is 6.92 Å². The molecule has 3 rings (SSSR count). The summed E-state index contributed by atoms with van der Waals surface area (Å²) in [6, 6.07) is 10.4. The molecule has 164 valence electrons. The van der Waals surface area contributed by atoms with Gasteiger partial charge in [0, 0.05) is 28.3 Å². The fourth-order valence-corrected chi connectivity index (χ4v) is 3.97. The topological polar surface area (TPSA) is 139 Å². The van der Waals surface area contributed by atoms with Gasteiger partial charge in [-0.25, -0.2) is 4.79 Å². The molecule has 0 radical (unpaired) electrons. The smallest absolute Gasteiger partial charge is 0.342 e. The van der Waals surface area contributed by atoms with Gasteiger partial charge >= 0.3 is 5.97 Å². The van der Waals surface area contributed by atoms with Crippen molar-refractivity contribution in [3.05, 3.63) is 74.6 Å². The Morgan fingerprint density at radius 3 is 2.44 bits per heavy atom. The summed E-state index contributed by atoms with van der Waals surface area (Å²) >= 11 is 1.32. The number of hydrogen-bond acceptors (Lipinski definition) is 8. The van der Waals surface area contributed by atoms with Crippen molar-refractivity contribution in [2.24, 2.45) is 4.99 Å². The second-order valence-electron chi connectivity index (χ2n) is 6.67. The molecule has 2 aromatic carbocycles. The zero-order valence-electron chi connectivity index (χ0n) is 17.1. The summed E-state index contributed by atoms with van der Waals surface area (Å²) < 4.78 is 5.13. The third-order valence-electron chi connectivity index (χ3n) is 4.71. The van der Waals surface area contributed by atoms with Crippen molar-refractivity contribution in [3.63, 3.8) is 0 Å². The van der Waals surface area contributed by atoms with Gasteiger partial charge in [0.1, 0.15) is 23.6 Å². The number of thiophene rings is 1. The number of hydrogen-bond donors (Lipinski definition) is 2. The molecule has 0 saturated carbocycles. The normalized spacial score (nSPS) is 11.2. The Hall–Kier alpha value is -4.05. The number of nitro benzene ring substituents is 1. The number of nitro groups is 1.